The normalized spacial score (nSPS) is 10.6. The zero-order valence-electron chi connectivity index (χ0n) is 7.24. The van der Waals surface area contributed by atoms with Crippen molar-refractivity contribution in [3.63, 3.8) is 0 Å². The third-order valence-electron chi connectivity index (χ3n) is 1.74. The SMILES string of the molecule is Cc1nc(-c2nnsc2N)sc1C. The maximum absolute atomic E-state index is 5.69. The Hall–Kier alpha value is -1.01. The Morgan fingerprint density at radius 1 is 1.31 bits per heavy atom. The Balaban J connectivity index is 2.53. The summed E-state index contributed by atoms with van der Waals surface area (Å²) >= 11 is 2.80. The summed E-state index contributed by atoms with van der Waals surface area (Å²) in [5.41, 5.74) is 7.44. The molecule has 0 spiro atoms. The first-order chi connectivity index (χ1) is 6.18. The summed E-state index contributed by atoms with van der Waals surface area (Å²) in [5.74, 6) is 0. The fourth-order valence-electron chi connectivity index (χ4n) is 0.920. The molecule has 6 heteroatoms. The molecule has 0 bridgehead atoms. The Bertz CT molecular complexity index is 412. The minimum absolute atomic E-state index is 0.633. The van der Waals surface area contributed by atoms with Crippen molar-refractivity contribution in [2.75, 3.05) is 5.73 Å². The van der Waals surface area contributed by atoms with E-state index in [-0.39, 0.29) is 0 Å². The lowest BCUT2D eigenvalue weighted by molar-refractivity contribution is 1.14. The van der Waals surface area contributed by atoms with Gasteiger partial charge in [-0.3, -0.25) is 0 Å². The van der Waals surface area contributed by atoms with Crippen LogP contribution in [0.25, 0.3) is 10.7 Å². The molecule has 0 radical (unpaired) electrons. The van der Waals surface area contributed by atoms with Crippen LogP contribution in [0.1, 0.15) is 10.6 Å². The summed E-state index contributed by atoms with van der Waals surface area (Å²) in [7, 11) is 0. The fraction of sp³-hybridized carbons (Fsp3) is 0.286. The predicted octanol–water partition coefficient (Wildman–Crippen LogP) is 1.86. The largest absolute Gasteiger partial charge is 0.387 e. The highest BCUT2D eigenvalue weighted by atomic mass is 32.1. The smallest absolute Gasteiger partial charge is 0.157 e. The Labute approximate surface area is 83.6 Å². The van der Waals surface area contributed by atoms with E-state index in [1.165, 1.54) is 16.4 Å². The van der Waals surface area contributed by atoms with Crippen molar-refractivity contribution in [2.24, 2.45) is 0 Å². The second-order valence-electron chi connectivity index (χ2n) is 2.65. The van der Waals surface area contributed by atoms with Gasteiger partial charge >= 0.3 is 0 Å². The van der Waals surface area contributed by atoms with Crippen molar-refractivity contribution in [3.05, 3.63) is 10.6 Å². The van der Waals surface area contributed by atoms with Crippen LogP contribution in [0.15, 0.2) is 0 Å². The molecule has 2 rings (SSSR count). The fourth-order valence-corrected chi connectivity index (χ4v) is 2.33. The molecular weight excluding hydrogens is 204 g/mol. The van der Waals surface area contributed by atoms with Gasteiger partial charge in [-0.15, -0.1) is 16.4 Å². The molecule has 2 aromatic rings. The highest BCUT2D eigenvalue weighted by Crippen LogP contribution is 2.30. The van der Waals surface area contributed by atoms with E-state index in [4.69, 9.17) is 5.73 Å². The van der Waals surface area contributed by atoms with Gasteiger partial charge < -0.3 is 5.73 Å². The number of nitrogen functional groups attached to an aromatic ring is 1. The predicted molar refractivity (Wildman–Crippen MR) is 54.9 cm³/mol. The number of anilines is 1. The average molecular weight is 212 g/mol. The van der Waals surface area contributed by atoms with Gasteiger partial charge in [0.25, 0.3) is 0 Å². The van der Waals surface area contributed by atoms with Crippen LogP contribution in [0.5, 0.6) is 0 Å². The topological polar surface area (TPSA) is 64.7 Å². The Kier molecular flexibility index (Phi) is 2.01. The van der Waals surface area contributed by atoms with Gasteiger partial charge in [-0.2, -0.15) is 0 Å². The zero-order valence-corrected chi connectivity index (χ0v) is 8.87. The van der Waals surface area contributed by atoms with E-state index in [1.807, 2.05) is 13.8 Å². The number of aryl methyl sites for hydroxylation is 2. The summed E-state index contributed by atoms with van der Waals surface area (Å²) < 4.78 is 3.77. The minimum atomic E-state index is 0.633. The molecule has 68 valence electrons. The molecule has 0 atom stereocenters. The molecule has 2 aromatic heterocycles. The molecule has 0 saturated carbocycles. The van der Waals surface area contributed by atoms with Crippen molar-refractivity contribution in [2.45, 2.75) is 13.8 Å². The average Bonchev–Trinajstić information content (AvgIpc) is 2.60. The maximum Gasteiger partial charge on any atom is 0.157 e. The van der Waals surface area contributed by atoms with E-state index in [1.54, 1.807) is 11.3 Å². The quantitative estimate of drug-likeness (QED) is 0.783. The highest BCUT2D eigenvalue weighted by Gasteiger charge is 2.12. The summed E-state index contributed by atoms with van der Waals surface area (Å²) in [5, 5.41) is 5.43. The van der Waals surface area contributed by atoms with Crippen molar-refractivity contribution in [1.29, 1.82) is 0 Å². The summed E-state index contributed by atoms with van der Waals surface area (Å²) in [6.07, 6.45) is 0. The molecule has 0 aliphatic rings. The van der Waals surface area contributed by atoms with E-state index in [0.717, 1.165) is 10.7 Å². The molecule has 2 N–H and O–H groups in total. The summed E-state index contributed by atoms with van der Waals surface area (Å²) in [6, 6.07) is 0. The van der Waals surface area contributed by atoms with Crippen molar-refractivity contribution >= 4 is 27.9 Å². The lowest BCUT2D eigenvalue weighted by Crippen LogP contribution is -1.85. The lowest BCUT2D eigenvalue weighted by Gasteiger charge is -1.87. The monoisotopic (exact) mass is 212 g/mol. The third kappa shape index (κ3) is 1.42. The van der Waals surface area contributed by atoms with Crippen molar-refractivity contribution in [3.8, 4) is 10.7 Å². The Morgan fingerprint density at radius 3 is 2.54 bits per heavy atom. The molecule has 0 saturated heterocycles. The van der Waals surface area contributed by atoms with Gasteiger partial charge in [-0.1, -0.05) is 4.49 Å². The highest BCUT2D eigenvalue weighted by molar-refractivity contribution is 7.16. The molecular formula is C7H8N4S2. The van der Waals surface area contributed by atoms with E-state index >= 15 is 0 Å². The van der Waals surface area contributed by atoms with E-state index in [9.17, 15) is 0 Å². The van der Waals surface area contributed by atoms with E-state index in [0.29, 0.717) is 10.7 Å². The first-order valence-corrected chi connectivity index (χ1v) is 5.29. The number of rotatable bonds is 1. The van der Waals surface area contributed by atoms with Crippen LogP contribution < -0.4 is 5.73 Å². The van der Waals surface area contributed by atoms with Crippen LogP contribution in [-0.4, -0.2) is 14.6 Å². The zero-order chi connectivity index (χ0) is 9.42. The second-order valence-corrected chi connectivity index (χ2v) is 4.64. The van der Waals surface area contributed by atoms with Crippen LogP contribution in [0.2, 0.25) is 0 Å². The Morgan fingerprint density at radius 2 is 2.08 bits per heavy atom. The van der Waals surface area contributed by atoms with Crippen molar-refractivity contribution < 1.29 is 0 Å². The molecule has 0 amide bonds. The van der Waals surface area contributed by atoms with Crippen LogP contribution >= 0.6 is 22.9 Å². The van der Waals surface area contributed by atoms with E-state index < -0.39 is 0 Å². The summed E-state index contributed by atoms with van der Waals surface area (Å²) in [6.45, 7) is 4.01. The standard InChI is InChI=1S/C7H8N4S2/c1-3-4(2)12-7(9-3)5-6(8)13-11-10-5/h8H2,1-2H3. The first kappa shape index (κ1) is 8.58. The van der Waals surface area contributed by atoms with E-state index in [2.05, 4.69) is 14.6 Å². The molecule has 13 heavy (non-hydrogen) atoms. The minimum Gasteiger partial charge on any atom is -0.387 e. The lowest BCUT2D eigenvalue weighted by atomic mass is 10.4. The van der Waals surface area contributed by atoms with Crippen LogP contribution in [0, 0.1) is 13.8 Å². The molecule has 2 heterocycles. The number of hydrogen-bond acceptors (Lipinski definition) is 6. The maximum atomic E-state index is 5.69. The molecule has 4 nitrogen and oxygen atoms in total. The van der Waals surface area contributed by atoms with Gasteiger partial charge in [-0.25, -0.2) is 4.98 Å². The van der Waals surface area contributed by atoms with Gasteiger partial charge in [0.2, 0.25) is 0 Å². The molecule has 0 aliphatic heterocycles. The van der Waals surface area contributed by atoms with Gasteiger partial charge in [-0.05, 0) is 13.8 Å². The van der Waals surface area contributed by atoms with Crippen LogP contribution in [0.3, 0.4) is 0 Å². The number of nitrogens with zero attached hydrogens (tertiary/aromatic N) is 3. The molecule has 0 aromatic carbocycles. The van der Waals surface area contributed by atoms with Crippen LogP contribution in [0.4, 0.5) is 5.00 Å². The van der Waals surface area contributed by atoms with Crippen molar-refractivity contribution in [1.82, 2.24) is 14.6 Å². The van der Waals surface area contributed by atoms with Gasteiger partial charge in [0, 0.05) is 16.4 Å². The molecule has 0 aliphatic carbocycles. The number of aromatic nitrogens is 3. The number of nitrogens with two attached hydrogens (primary N) is 1. The van der Waals surface area contributed by atoms with Crippen LogP contribution in [-0.2, 0) is 0 Å². The number of thiazole rings is 1. The second kappa shape index (κ2) is 3.04. The van der Waals surface area contributed by atoms with Gasteiger partial charge in [0.05, 0.1) is 5.69 Å². The number of hydrogen-bond donors (Lipinski definition) is 1. The first-order valence-electron chi connectivity index (χ1n) is 3.70. The van der Waals surface area contributed by atoms with Gasteiger partial charge in [0.15, 0.2) is 5.69 Å². The molecule has 0 unspecified atom stereocenters. The van der Waals surface area contributed by atoms with Gasteiger partial charge in [0.1, 0.15) is 10.0 Å². The third-order valence-corrected chi connectivity index (χ3v) is 3.38. The molecule has 0 fully saturated rings. The summed E-state index contributed by atoms with van der Waals surface area (Å²) in [4.78, 5) is 5.55.